The van der Waals surface area contributed by atoms with Crippen molar-refractivity contribution in [2.45, 2.75) is 40.5 Å². The third-order valence-electron chi connectivity index (χ3n) is 4.09. The quantitative estimate of drug-likeness (QED) is 0.633. The van der Waals surface area contributed by atoms with Crippen LogP contribution >= 0.6 is 0 Å². The summed E-state index contributed by atoms with van der Waals surface area (Å²) in [7, 11) is 0. The van der Waals surface area contributed by atoms with Crippen molar-refractivity contribution in [2.75, 3.05) is 19.7 Å². The highest BCUT2D eigenvalue weighted by molar-refractivity contribution is 5.77. The van der Waals surface area contributed by atoms with Gasteiger partial charge in [0.1, 0.15) is 5.75 Å². The molecule has 1 heterocycles. The molecule has 1 aliphatic rings. The van der Waals surface area contributed by atoms with Crippen LogP contribution in [0.2, 0.25) is 0 Å². The minimum Gasteiger partial charge on any atom is -0.450 e. The molecule has 1 saturated heterocycles. The Morgan fingerprint density at radius 1 is 1.22 bits per heavy atom. The number of amides is 1. The lowest BCUT2D eigenvalue weighted by molar-refractivity contribution is -0.140. The van der Waals surface area contributed by atoms with Crippen LogP contribution in [0.5, 0.6) is 5.75 Å². The number of hydrogen-bond acceptors (Lipinski definition) is 4. The van der Waals surface area contributed by atoms with Crippen molar-refractivity contribution < 1.29 is 19.1 Å². The number of carbonyl (C=O) groups excluding carboxylic acids is 2. The summed E-state index contributed by atoms with van der Waals surface area (Å²) < 4.78 is 10.7. The maximum atomic E-state index is 12.5. The Kier molecular flexibility index (Phi) is 5.64. The molecule has 126 valence electrons. The number of nitrogens with zero attached hydrogens (tertiary/aromatic N) is 1. The summed E-state index contributed by atoms with van der Waals surface area (Å²) in [5.41, 5.74) is 3.05. The van der Waals surface area contributed by atoms with E-state index in [4.69, 9.17) is 9.47 Å². The molecule has 1 unspecified atom stereocenters. The van der Waals surface area contributed by atoms with Crippen LogP contribution in [0.25, 0.3) is 0 Å². The molecule has 0 aromatic heterocycles. The van der Waals surface area contributed by atoms with E-state index in [2.05, 4.69) is 0 Å². The van der Waals surface area contributed by atoms with Gasteiger partial charge in [-0.2, -0.15) is 0 Å². The standard InChI is InChI=1S/C18H25NO4/c1-5-22-18(21)19-8-6-7-15(11-19)17(20)23-16-13(3)9-12(2)10-14(16)4/h9-10,15H,5-8,11H2,1-4H3. The van der Waals surface area contributed by atoms with Gasteiger partial charge in [0.2, 0.25) is 0 Å². The number of ether oxygens (including phenoxy) is 2. The average Bonchev–Trinajstić information content (AvgIpc) is 2.51. The van der Waals surface area contributed by atoms with Crippen LogP contribution in [0.4, 0.5) is 4.79 Å². The molecule has 0 aliphatic carbocycles. The molecule has 1 amide bonds. The number of hydrogen-bond donors (Lipinski definition) is 0. The number of benzene rings is 1. The average molecular weight is 319 g/mol. The minimum absolute atomic E-state index is 0.269. The number of likely N-dealkylation sites (tertiary alicyclic amines) is 1. The number of rotatable bonds is 3. The second-order valence-corrected chi connectivity index (χ2v) is 6.13. The Balaban J connectivity index is 2.05. The fourth-order valence-corrected chi connectivity index (χ4v) is 3.06. The van der Waals surface area contributed by atoms with E-state index >= 15 is 0 Å². The van der Waals surface area contributed by atoms with Crippen molar-refractivity contribution in [3.8, 4) is 5.75 Å². The van der Waals surface area contributed by atoms with Crippen molar-refractivity contribution in [1.29, 1.82) is 0 Å². The number of carbonyl (C=O) groups is 2. The highest BCUT2D eigenvalue weighted by Crippen LogP contribution is 2.27. The zero-order valence-corrected chi connectivity index (χ0v) is 14.3. The first-order chi connectivity index (χ1) is 10.9. The highest BCUT2D eigenvalue weighted by Gasteiger charge is 2.30. The third-order valence-corrected chi connectivity index (χ3v) is 4.09. The van der Waals surface area contributed by atoms with Crippen molar-refractivity contribution in [3.05, 3.63) is 28.8 Å². The van der Waals surface area contributed by atoms with Gasteiger partial charge in [0.05, 0.1) is 12.5 Å². The Morgan fingerprint density at radius 2 is 1.87 bits per heavy atom. The monoisotopic (exact) mass is 319 g/mol. The molecule has 1 atom stereocenters. The topological polar surface area (TPSA) is 55.8 Å². The lowest BCUT2D eigenvalue weighted by Crippen LogP contribution is -2.43. The van der Waals surface area contributed by atoms with E-state index in [0.717, 1.165) is 29.5 Å². The summed E-state index contributed by atoms with van der Waals surface area (Å²) in [6.45, 7) is 9.00. The highest BCUT2D eigenvalue weighted by atomic mass is 16.6. The van der Waals surface area contributed by atoms with E-state index < -0.39 is 0 Å². The van der Waals surface area contributed by atoms with E-state index in [0.29, 0.717) is 25.4 Å². The molecule has 1 aliphatic heterocycles. The summed E-state index contributed by atoms with van der Waals surface area (Å²) in [6.07, 6.45) is 1.16. The van der Waals surface area contributed by atoms with Gasteiger partial charge < -0.3 is 14.4 Å². The van der Waals surface area contributed by atoms with E-state index in [1.807, 2.05) is 32.9 Å². The SMILES string of the molecule is CCOC(=O)N1CCCC(C(=O)Oc2c(C)cc(C)cc2C)C1. The predicted molar refractivity (Wildman–Crippen MR) is 87.6 cm³/mol. The van der Waals surface area contributed by atoms with Crippen LogP contribution in [-0.2, 0) is 9.53 Å². The molecule has 0 saturated carbocycles. The van der Waals surface area contributed by atoms with Gasteiger partial charge in [-0.3, -0.25) is 4.79 Å². The lowest BCUT2D eigenvalue weighted by atomic mass is 9.98. The van der Waals surface area contributed by atoms with Crippen LogP contribution in [0, 0.1) is 26.7 Å². The molecule has 2 rings (SSSR count). The van der Waals surface area contributed by atoms with Crippen molar-refractivity contribution in [1.82, 2.24) is 4.90 Å². The van der Waals surface area contributed by atoms with Gasteiger partial charge in [-0.15, -0.1) is 0 Å². The fraction of sp³-hybridized carbons (Fsp3) is 0.556. The first-order valence-corrected chi connectivity index (χ1v) is 8.13. The van der Waals surface area contributed by atoms with Crippen LogP contribution in [0.3, 0.4) is 0 Å². The maximum absolute atomic E-state index is 12.5. The van der Waals surface area contributed by atoms with Gasteiger partial charge >= 0.3 is 12.1 Å². The Bertz CT molecular complexity index is 574. The normalized spacial score (nSPS) is 17.7. The molecule has 0 radical (unpaired) electrons. The molecule has 1 aromatic carbocycles. The van der Waals surface area contributed by atoms with Gasteiger partial charge in [0.15, 0.2) is 0 Å². The largest absolute Gasteiger partial charge is 0.450 e. The maximum Gasteiger partial charge on any atom is 0.409 e. The number of aryl methyl sites for hydroxylation is 3. The Morgan fingerprint density at radius 3 is 2.48 bits per heavy atom. The Labute approximate surface area is 137 Å². The van der Waals surface area contributed by atoms with Gasteiger partial charge in [-0.1, -0.05) is 17.7 Å². The first kappa shape index (κ1) is 17.3. The molecular formula is C18H25NO4. The van der Waals surface area contributed by atoms with Crippen molar-refractivity contribution in [3.63, 3.8) is 0 Å². The minimum atomic E-state index is -0.354. The van der Waals surface area contributed by atoms with Crippen LogP contribution in [0.15, 0.2) is 12.1 Å². The number of piperidine rings is 1. The summed E-state index contributed by atoms with van der Waals surface area (Å²) in [6, 6.07) is 4.00. The first-order valence-electron chi connectivity index (χ1n) is 8.13. The Hall–Kier alpha value is -2.04. The lowest BCUT2D eigenvalue weighted by Gasteiger charge is -2.30. The van der Waals surface area contributed by atoms with E-state index in [9.17, 15) is 9.59 Å². The predicted octanol–water partition coefficient (Wildman–Crippen LogP) is 3.39. The summed E-state index contributed by atoms with van der Waals surface area (Å²) >= 11 is 0. The van der Waals surface area contributed by atoms with Crippen LogP contribution in [-0.4, -0.2) is 36.7 Å². The summed E-state index contributed by atoms with van der Waals surface area (Å²) in [4.78, 5) is 25.9. The zero-order chi connectivity index (χ0) is 17.0. The van der Waals surface area contributed by atoms with E-state index in [1.54, 1.807) is 11.8 Å². The molecule has 0 N–H and O–H groups in total. The molecule has 0 bridgehead atoms. The van der Waals surface area contributed by atoms with Gasteiger partial charge in [0, 0.05) is 13.1 Å². The van der Waals surface area contributed by atoms with E-state index in [-0.39, 0.29) is 18.0 Å². The molecule has 1 aromatic rings. The zero-order valence-electron chi connectivity index (χ0n) is 14.3. The molecule has 23 heavy (non-hydrogen) atoms. The second-order valence-electron chi connectivity index (χ2n) is 6.13. The molecular weight excluding hydrogens is 294 g/mol. The molecule has 1 fully saturated rings. The molecule has 5 nitrogen and oxygen atoms in total. The van der Waals surface area contributed by atoms with Gasteiger partial charge in [-0.05, 0) is 51.7 Å². The summed E-state index contributed by atoms with van der Waals surface area (Å²) in [5, 5.41) is 0. The van der Waals surface area contributed by atoms with E-state index in [1.165, 1.54) is 0 Å². The second kappa shape index (κ2) is 7.49. The number of esters is 1. The van der Waals surface area contributed by atoms with Gasteiger partial charge in [0.25, 0.3) is 0 Å². The van der Waals surface area contributed by atoms with Crippen molar-refractivity contribution >= 4 is 12.1 Å². The molecule has 0 spiro atoms. The third kappa shape index (κ3) is 4.24. The van der Waals surface area contributed by atoms with Gasteiger partial charge in [-0.25, -0.2) is 4.79 Å². The van der Waals surface area contributed by atoms with Crippen LogP contribution < -0.4 is 4.74 Å². The smallest absolute Gasteiger partial charge is 0.409 e. The van der Waals surface area contributed by atoms with Crippen molar-refractivity contribution in [2.24, 2.45) is 5.92 Å². The van der Waals surface area contributed by atoms with Crippen LogP contribution in [0.1, 0.15) is 36.5 Å². The molecule has 5 heteroatoms. The summed E-state index contributed by atoms with van der Waals surface area (Å²) in [5.74, 6) is 0.0659. The fourth-order valence-electron chi connectivity index (χ4n) is 3.06.